The van der Waals surface area contributed by atoms with Crippen LogP contribution in [0.3, 0.4) is 0 Å². The number of nitrogens with one attached hydrogen (secondary N) is 2. The molecule has 0 aliphatic rings. The minimum atomic E-state index is -0.877. The highest BCUT2D eigenvalue weighted by molar-refractivity contribution is 7.18. The molecule has 45 heavy (non-hydrogen) atoms. The van der Waals surface area contributed by atoms with Crippen LogP contribution in [0.2, 0.25) is 0 Å². The number of rotatable bonds is 10. The number of aromatic nitrogens is 5. The Morgan fingerprint density at radius 1 is 1.13 bits per heavy atom. The molecule has 2 N–H and O–H groups in total. The van der Waals surface area contributed by atoms with Gasteiger partial charge in [0, 0.05) is 59.0 Å². The monoisotopic (exact) mass is 632 g/mol. The van der Waals surface area contributed by atoms with Crippen LogP contribution in [-0.4, -0.2) is 51.2 Å². The summed E-state index contributed by atoms with van der Waals surface area (Å²) in [5, 5.41) is 17.4. The highest BCUT2D eigenvalue weighted by atomic mass is 32.1. The summed E-state index contributed by atoms with van der Waals surface area (Å²) in [6, 6.07) is 7.88. The first-order valence-corrected chi connectivity index (χ1v) is 14.7. The van der Waals surface area contributed by atoms with Crippen LogP contribution < -0.4 is 10.1 Å². The molecule has 0 radical (unpaired) electrons. The maximum absolute atomic E-state index is 15.9. The van der Waals surface area contributed by atoms with E-state index in [0.29, 0.717) is 32.4 Å². The maximum Gasteiger partial charge on any atom is 0.243 e. The summed E-state index contributed by atoms with van der Waals surface area (Å²) >= 11 is 1.29. The molecule has 4 heterocycles. The molecule has 0 bridgehead atoms. The summed E-state index contributed by atoms with van der Waals surface area (Å²) in [5.74, 6) is -2.66. The number of carbonyl (C=O) groups is 1. The van der Waals surface area contributed by atoms with Crippen molar-refractivity contribution in [3.63, 3.8) is 0 Å². The van der Waals surface area contributed by atoms with Crippen molar-refractivity contribution in [1.29, 1.82) is 0 Å². The molecular weight excluding hydrogens is 605 g/mol. The maximum atomic E-state index is 15.9. The number of ether oxygens (including phenoxy) is 2. The fourth-order valence-corrected chi connectivity index (χ4v) is 6.12. The van der Waals surface area contributed by atoms with Crippen LogP contribution in [0.15, 0.2) is 60.6 Å². The minimum Gasteiger partial charge on any atom is -0.490 e. The Bertz CT molecular complexity index is 2090. The van der Waals surface area contributed by atoms with Gasteiger partial charge in [0.1, 0.15) is 41.2 Å². The largest absolute Gasteiger partial charge is 0.490 e. The molecular formula is C32H27F3N6O3S. The Morgan fingerprint density at radius 2 is 1.96 bits per heavy atom. The fraction of sp³-hybridized carbons (Fsp3) is 0.188. The van der Waals surface area contributed by atoms with Gasteiger partial charge in [-0.1, -0.05) is 6.58 Å². The highest BCUT2D eigenvalue weighted by Crippen LogP contribution is 2.47. The molecule has 0 fully saturated rings. The fourth-order valence-electron chi connectivity index (χ4n) is 5.17. The van der Waals surface area contributed by atoms with Crippen LogP contribution in [0, 0.1) is 17.5 Å². The number of carbonyl (C=O) groups excluding carboxylic acids is 1. The molecule has 1 atom stereocenters. The van der Waals surface area contributed by atoms with Crippen molar-refractivity contribution < 1.29 is 27.4 Å². The van der Waals surface area contributed by atoms with E-state index in [9.17, 15) is 9.18 Å². The van der Waals surface area contributed by atoms with Crippen LogP contribution in [0.25, 0.3) is 54.8 Å². The number of thiophene rings is 1. The lowest BCUT2D eigenvalue weighted by molar-refractivity contribution is -0.117. The number of hydrogen-bond donors (Lipinski definition) is 2. The molecule has 13 heteroatoms. The summed E-state index contributed by atoms with van der Waals surface area (Å²) in [4.78, 5) is 16.9. The topological polar surface area (TPSA) is 107 Å². The second-order valence-electron chi connectivity index (χ2n) is 10.3. The van der Waals surface area contributed by atoms with E-state index < -0.39 is 23.5 Å². The number of benzene rings is 2. The van der Waals surface area contributed by atoms with Crippen LogP contribution in [0.5, 0.6) is 5.75 Å². The molecule has 6 rings (SSSR count). The van der Waals surface area contributed by atoms with Gasteiger partial charge >= 0.3 is 0 Å². The molecule has 4 aromatic heterocycles. The Hall–Kier alpha value is -5.01. The van der Waals surface area contributed by atoms with E-state index in [0.717, 1.165) is 18.2 Å². The van der Waals surface area contributed by atoms with Crippen molar-refractivity contribution >= 4 is 38.2 Å². The molecule has 230 valence electrons. The van der Waals surface area contributed by atoms with Crippen molar-refractivity contribution in [3.05, 3.63) is 83.8 Å². The van der Waals surface area contributed by atoms with E-state index in [-0.39, 0.29) is 52.9 Å². The molecule has 0 spiro atoms. The predicted octanol–water partition coefficient (Wildman–Crippen LogP) is 6.71. The lowest BCUT2D eigenvalue weighted by Crippen LogP contribution is -2.24. The number of halogens is 3. The minimum absolute atomic E-state index is 0.0320. The molecule has 0 saturated carbocycles. The molecule has 9 nitrogen and oxygen atoms in total. The van der Waals surface area contributed by atoms with Gasteiger partial charge in [-0.3, -0.25) is 14.6 Å². The first-order chi connectivity index (χ1) is 21.7. The molecule has 0 aliphatic heterocycles. The number of hydrogen-bond acceptors (Lipinski definition) is 7. The van der Waals surface area contributed by atoms with Crippen LogP contribution in [-0.2, 0) is 16.6 Å². The van der Waals surface area contributed by atoms with Crippen molar-refractivity contribution in [2.45, 2.75) is 13.0 Å². The molecule has 0 aliphatic carbocycles. The third kappa shape index (κ3) is 5.56. The number of aryl methyl sites for hydroxylation is 1. The number of aromatic amines is 1. The molecule has 6 aromatic rings. The van der Waals surface area contributed by atoms with Gasteiger partial charge in [0.25, 0.3) is 0 Å². The van der Waals surface area contributed by atoms with E-state index in [1.54, 1.807) is 48.4 Å². The number of H-pyrrole nitrogens is 1. The molecule has 2 aromatic carbocycles. The quantitative estimate of drug-likeness (QED) is 0.128. The average molecular weight is 633 g/mol. The van der Waals surface area contributed by atoms with E-state index in [2.05, 4.69) is 27.2 Å². The third-order valence-corrected chi connectivity index (χ3v) is 8.29. The van der Waals surface area contributed by atoms with Gasteiger partial charge in [-0.2, -0.15) is 10.2 Å². The number of amides is 1. The van der Waals surface area contributed by atoms with Crippen molar-refractivity contribution in [2.75, 3.05) is 20.3 Å². The number of methoxy groups -OCH3 is 1. The van der Waals surface area contributed by atoms with Gasteiger partial charge in [-0.25, -0.2) is 18.2 Å². The Labute approximate surface area is 259 Å². The van der Waals surface area contributed by atoms with Gasteiger partial charge in [0.15, 0.2) is 0 Å². The predicted molar refractivity (Wildman–Crippen MR) is 166 cm³/mol. The van der Waals surface area contributed by atoms with Gasteiger partial charge < -0.3 is 14.8 Å². The smallest absolute Gasteiger partial charge is 0.243 e. The summed E-state index contributed by atoms with van der Waals surface area (Å²) in [5.41, 5.74) is 2.38. The average Bonchev–Trinajstić information content (AvgIpc) is 3.77. The lowest BCUT2D eigenvalue weighted by atomic mass is 9.96. The van der Waals surface area contributed by atoms with Crippen LogP contribution >= 0.6 is 11.3 Å². The zero-order chi connectivity index (χ0) is 31.8. The number of fused-ring (bicyclic) bond motifs is 2. The summed E-state index contributed by atoms with van der Waals surface area (Å²) in [7, 11) is 3.21. The Morgan fingerprint density at radius 3 is 2.73 bits per heavy atom. The van der Waals surface area contributed by atoms with Crippen LogP contribution in [0.1, 0.15) is 18.7 Å². The third-order valence-electron chi connectivity index (χ3n) is 7.36. The van der Waals surface area contributed by atoms with Gasteiger partial charge in [-0.15, -0.1) is 11.3 Å². The standard InChI is InChI=1S/C32H27F3N6O3S/c1-5-27(42)37-16(2)23-14-24(40-39-23)31-29(28-22(35)11-18(33)12-26(28)44-8-7-43-4)32-19(6-9-45-32)30(38-31)20-10-17-15-36-41(3)25(17)13-21(20)34/h5-6,9-16H,1,7-8H2,2-4H3,(H,37,42)(H,39,40)/t16-/m1/s1. The molecule has 0 saturated heterocycles. The second kappa shape index (κ2) is 12.2. The summed E-state index contributed by atoms with van der Waals surface area (Å²) < 4.78 is 59.2. The van der Waals surface area contributed by atoms with E-state index in [1.807, 2.05) is 0 Å². The number of nitrogens with zero attached hydrogens (tertiary/aromatic N) is 4. The first kappa shape index (κ1) is 30.0. The normalized spacial score (nSPS) is 12.1. The van der Waals surface area contributed by atoms with Crippen molar-refractivity contribution in [2.24, 2.45) is 7.05 Å². The Balaban J connectivity index is 1.64. The van der Waals surface area contributed by atoms with Gasteiger partial charge in [0.2, 0.25) is 5.91 Å². The summed E-state index contributed by atoms with van der Waals surface area (Å²) in [6.07, 6.45) is 2.79. The molecule has 0 unspecified atom stereocenters. The Kier molecular flexibility index (Phi) is 8.12. The summed E-state index contributed by atoms with van der Waals surface area (Å²) in [6.45, 7) is 5.45. The van der Waals surface area contributed by atoms with E-state index in [1.165, 1.54) is 24.5 Å². The highest BCUT2D eigenvalue weighted by Gasteiger charge is 2.28. The van der Waals surface area contributed by atoms with Gasteiger partial charge in [0.05, 0.1) is 41.3 Å². The van der Waals surface area contributed by atoms with Gasteiger partial charge in [-0.05, 0) is 36.6 Å². The van der Waals surface area contributed by atoms with E-state index >= 15 is 8.78 Å². The SMILES string of the molecule is C=CC(=O)N[C@H](C)c1cc(-c2nc(-c3cc4cnn(C)c4cc3F)c3ccsc3c2-c2c(F)cc(F)cc2OCCOC)n[nH]1. The van der Waals surface area contributed by atoms with Crippen molar-refractivity contribution in [1.82, 2.24) is 30.3 Å². The van der Waals surface area contributed by atoms with Crippen LogP contribution in [0.4, 0.5) is 13.2 Å². The van der Waals surface area contributed by atoms with Crippen molar-refractivity contribution in [3.8, 4) is 39.5 Å². The zero-order valence-corrected chi connectivity index (χ0v) is 25.3. The van der Waals surface area contributed by atoms with E-state index in [4.69, 9.17) is 14.5 Å². The zero-order valence-electron chi connectivity index (χ0n) is 24.5. The second-order valence-corrected chi connectivity index (χ2v) is 11.2. The molecule has 1 amide bonds. The lowest BCUT2D eigenvalue weighted by Gasteiger charge is -2.17. The number of pyridine rings is 1. The first-order valence-electron chi connectivity index (χ1n) is 13.8.